The Morgan fingerprint density at radius 2 is 2.12 bits per heavy atom. The first-order valence-corrected chi connectivity index (χ1v) is 6.81. The molecule has 0 bridgehead atoms. The Kier molecular flexibility index (Phi) is 2.70. The van der Waals surface area contributed by atoms with Crippen molar-refractivity contribution < 1.29 is 5.11 Å². The highest BCUT2D eigenvalue weighted by molar-refractivity contribution is 7.19. The predicted octanol–water partition coefficient (Wildman–Crippen LogP) is 4.12. The minimum atomic E-state index is -0.248. The van der Waals surface area contributed by atoms with Crippen LogP contribution in [-0.4, -0.2) is 5.11 Å². The van der Waals surface area contributed by atoms with Crippen LogP contribution >= 0.6 is 11.3 Å². The van der Waals surface area contributed by atoms with Crippen LogP contribution in [0.25, 0.3) is 10.1 Å². The molecule has 1 saturated carbocycles. The quantitative estimate of drug-likeness (QED) is 0.843. The lowest BCUT2D eigenvalue weighted by Gasteiger charge is -2.27. The summed E-state index contributed by atoms with van der Waals surface area (Å²) in [6.07, 6.45) is 4.67. The highest BCUT2D eigenvalue weighted by Crippen LogP contribution is 2.38. The zero-order valence-corrected chi connectivity index (χ0v) is 10.0. The van der Waals surface area contributed by atoms with E-state index in [1.54, 1.807) is 11.3 Å². The minimum Gasteiger partial charge on any atom is -0.388 e. The lowest BCUT2D eigenvalue weighted by atomic mass is 9.81. The molecule has 1 unspecified atom stereocenters. The molecule has 1 aromatic heterocycles. The SMILES string of the molecule is OC(CC1CCC1)c1cc2ccccc2s1. The maximum Gasteiger partial charge on any atom is 0.0885 e. The molecule has 1 nitrogen and oxygen atoms in total. The lowest BCUT2D eigenvalue weighted by molar-refractivity contribution is 0.121. The van der Waals surface area contributed by atoms with Crippen LogP contribution in [0.5, 0.6) is 0 Å². The zero-order chi connectivity index (χ0) is 11.0. The summed E-state index contributed by atoms with van der Waals surface area (Å²) in [5, 5.41) is 11.4. The first-order chi connectivity index (χ1) is 7.83. The maximum atomic E-state index is 10.2. The summed E-state index contributed by atoms with van der Waals surface area (Å²) in [5.74, 6) is 0.764. The highest BCUT2D eigenvalue weighted by atomic mass is 32.1. The Bertz CT molecular complexity index is 451. The Balaban J connectivity index is 1.81. The van der Waals surface area contributed by atoms with E-state index in [-0.39, 0.29) is 6.10 Å². The molecule has 84 valence electrons. The van der Waals surface area contributed by atoms with Gasteiger partial charge < -0.3 is 5.11 Å². The molecule has 1 heterocycles. The van der Waals surface area contributed by atoms with Crippen molar-refractivity contribution >= 4 is 21.4 Å². The van der Waals surface area contributed by atoms with E-state index in [0.717, 1.165) is 17.2 Å². The highest BCUT2D eigenvalue weighted by Gasteiger charge is 2.22. The number of thiophene rings is 1. The molecular weight excluding hydrogens is 216 g/mol. The van der Waals surface area contributed by atoms with Crippen LogP contribution in [0.4, 0.5) is 0 Å². The normalized spacial score (nSPS) is 18.6. The second-order valence-corrected chi connectivity index (χ2v) is 5.85. The van der Waals surface area contributed by atoms with Crippen LogP contribution in [0.3, 0.4) is 0 Å². The van der Waals surface area contributed by atoms with Gasteiger partial charge in [-0.15, -0.1) is 11.3 Å². The third-order valence-electron chi connectivity index (χ3n) is 3.55. The first-order valence-electron chi connectivity index (χ1n) is 5.99. The standard InChI is InChI=1S/C14H16OS/c15-12(8-10-4-3-5-10)14-9-11-6-1-2-7-13(11)16-14/h1-2,6-7,9-10,12,15H,3-5,8H2. The maximum absolute atomic E-state index is 10.2. The topological polar surface area (TPSA) is 20.2 Å². The van der Waals surface area contributed by atoms with Crippen LogP contribution in [0, 0.1) is 5.92 Å². The summed E-state index contributed by atoms with van der Waals surface area (Å²) in [7, 11) is 0. The fraction of sp³-hybridized carbons (Fsp3) is 0.429. The van der Waals surface area contributed by atoms with E-state index >= 15 is 0 Å². The van der Waals surface area contributed by atoms with Gasteiger partial charge in [-0.25, -0.2) is 0 Å². The van der Waals surface area contributed by atoms with Crippen molar-refractivity contribution in [2.45, 2.75) is 31.8 Å². The smallest absolute Gasteiger partial charge is 0.0885 e. The van der Waals surface area contributed by atoms with Crippen molar-refractivity contribution in [2.24, 2.45) is 5.92 Å². The van der Waals surface area contributed by atoms with Crippen molar-refractivity contribution in [2.75, 3.05) is 0 Å². The molecule has 3 rings (SSSR count). The lowest BCUT2D eigenvalue weighted by Crippen LogP contribution is -2.14. The summed E-state index contributed by atoms with van der Waals surface area (Å²) < 4.78 is 1.28. The number of aliphatic hydroxyl groups excluding tert-OH is 1. The first kappa shape index (κ1) is 10.3. The second-order valence-electron chi connectivity index (χ2n) is 4.74. The predicted molar refractivity (Wildman–Crippen MR) is 68.7 cm³/mol. The molecule has 1 aliphatic rings. The van der Waals surface area contributed by atoms with Gasteiger partial charge in [0, 0.05) is 9.58 Å². The fourth-order valence-corrected chi connectivity index (χ4v) is 3.39. The number of fused-ring (bicyclic) bond motifs is 1. The van der Waals surface area contributed by atoms with Gasteiger partial charge in [0.15, 0.2) is 0 Å². The molecule has 0 amide bonds. The van der Waals surface area contributed by atoms with Crippen LogP contribution in [0.1, 0.15) is 36.7 Å². The van der Waals surface area contributed by atoms with Gasteiger partial charge in [0.05, 0.1) is 6.10 Å². The molecule has 2 aromatic rings. The van der Waals surface area contributed by atoms with Gasteiger partial charge >= 0.3 is 0 Å². The number of rotatable bonds is 3. The van der Waals surface area contributed by atoms with Gasteiger partial charge in [-0.2, -0.15) is 0 Å². The summed E-state index contributed by atoms with van der Waals surface area (Å²) in [5.41, 5.74) is 0. The Hall–Kier alpha value is -0.860. The third kappa shape index (κ3) is 1.87. The van der Waals surface area contributed by atoms with Gasteiger partial charge in [0.1, 0.15) is 0 Å². The van der Waals surface area contributed by atoms with Crippen molar-refractivity contribution in [3.05, 3.63) is 35.2 Å². The molecule has 1 fully saturated rings. The summed E-state index contributed by atoms with van der Waals surface area (Å²) in [6, 6.07) is 10.5. The van der Waals surface area contributed by atoms with E-state index in [1.165, 1.54) is 29.3 Å². The molecule has 1 aromatic carbocycles. The second kappa shape index (κ2) is 4.19. The van der Waals surface area contributed by atoms with Gasteiger partial charge in [-0.3, -0.25) is 0 Å². The molecule has 1 atom stereocenters. The van der Waals surface area contributed by atoms with Crippen molar-refractivity contribution in [1.29, 1.82) is 0 Å². The molecule has 0 spiro atoms. The van der Waals surface area contributed by atoms with Crippen molar-refractivity contribution in [1.82, 2.24) is 0 Å². The summed E-state index contributed by atoms with van der Waals surface area (Å²) in [4.78, 5) is 1.13. The number of aliphatic hydroxyl groups is 1. The van der Waals surface area contributed by atoms with Crippen LogP contribution in [0.15, 0.2) is 30.3 Å². The van der Waals surface area contributed by atoms with E-state index in [1.807, 2.05) is 0 Å². The van der Waals surface area contributed by atoms with Crippen LogP contribution in [0.2, 0.25) is 0 Å². The fourth-order valence-electron chi connectivity index (χ4n) is 2.33. The van der Waals surface area contributed by atoms with E-state index in [2.05, 4.69) is 30.3 Å². The van der Waals surface area contributed by atoms with E-state index in [0.29, 0.717) is 0 Å². The monoisotopic (exact) mass is 232 g/mol. The van der Waals surface area contributed by atoms with Gasteiger partial charge in [-0.05, 0) is 29.9 Å². The molecule has 0 saturated heterocycles. The number of hydrogen-bond donors (Lipinski definition) is 1. The third-order valence-corrected chi connectivity index (χ3v) is 4.77. The molecule has 1 aliphatic carbocycles. The molecule has 16 heavy (non-hydrogen) atoms. The van der Waals surface area contributed by atoms with Crippen molar-refractivity contribution in [3.63, 3.8) is 0 Å². The molecule has 0 radical (unpaired) electrons. The van der Waals surface area contributed by atoms with E-state index < -0.39 is 0 Å². The Morgan fingerprint density at radius 3 is 2.81 bits per heavy atom. The largest absolute Gasteiger partial charge is 0.388 e. The van der Waals surface area contributed by atoms with Crippen molar-refractivity contribution in [3.8, 4) is 0 Å². The van der Waals surface area contributed by atoms with Gasteiger partial charge in [-0.1, -0.05) is 37.5 Å². The number of hydrogen-bond acceptors (Lipinski definition) is 2. The molecule has 2 heteroatoms. The number of benzene rings is 1. The van der Waals surface area contributed by atoms with E-state index in [9.17, 15) is 5.11 Å². The van der Waals surface area contributed by atoms with E-state index in [4.69, 9.17) is 0 Å². The average Bonchev–Trinajstić information content (AvgIpc) is 2.66. The minimum absolute atomic E-state index is 0.248. The summed E-state index contributed by atoms with van der Waals surface area (Å²) >= 11 is 1.73. The van der Waals surface area contributed by atoms with Gasteiger partial charge in [0.25, 0.3) is 0 Å². The van der Waals surface area contributed by atoms with Crippen LogP contribution < -0.4 is 0 Å². The summed E-state index contributed by atoms with van der Waals surface area (Å²) in [6.45, 7) is 0. The molecule has 0 aliphatic heterocycles. The average molecular weight is 232 g/mol. The van der Waals surface area contributed by atoms with Gasteiger partial charge in [0.2, 0.25) is 0 Å². The molecule has 1 N–H and O–H groups in total. The molecular formula is C14H16OS. The van der Waals surface area contributed by atoms with Crippen LogP contribution in [-0.2, 0) is 0 Å². The Morgan fingerprint density at radius 1 is 1.31 bits per heavy atom. The zero-order valence-electron chi connectivity index (χ0n) is 9.23. The Labute approximate surface area is 99.7 Å².